The molecule has 0 atom stereocenters. The van der Waals surface area contributed by atoms with E-state index in [4.69, 9.17) is 4.74 Å². The molecule has 14 heavy (non-hydrogen) atoms. The Labute approximate surface area is 82.3 Å². The van der Waals surface area contributed by atoms with Crippen LogP contribution in [-0.4, -0.2) is 19.1 Å². The number of nitrogens with one attached hydrogen (secondary N) is 2. The Morgan fingerprint density at radius 1 is 1.57 bits per heavy atom. The third-order valence-electron chi connectivity index (χ3n) is 1.99. The summed E-state index contributed by atoms with van der Waals surface area (Å²) in [6.07, 6.45) is 0. The number of benzene rings is 1. The van der Waals surface area contributed by atoms with Gasteiger partial charge in [0.15, 0.2) is 6.61 Å². The molecule has 1 aliphatic rings. The van der Waals surface area contributed by atoms with Crippen LogP contribution in [0.5, 0.6) is 5.75 Å². The maximum atomic E-state index is 11.0. The van der Waals surface area contributed by atoms with Crippen LogP contribution in [-0.2, 0) is 4.79 Å². The summed E-state index contributed by atoms with van der Waals surface area (Å²) in [5.74, 6) is 0.623. The summed E-state index contributed by atoms with van der Waals surface area (Å²) < 4.78 is 5.23. The van der Waals surface area contributed by atoms with Gasteiger partial charge < -0.3 is 15.4 Å². The fourth-order valence-corrected chi connectivity index (χ4v) is 1.40. The third-order valence-corrected chi connectivity index (χ3v) is 1.99. The van der Waals surface area contributed by atoms with Gasteiger partial charge in [-0.1, -0.05) is 0 Å². The first-order chi connectivity index (χ1) is 6.79. The molecule has 0 spiro atoms. The Morgan fingerprint density at radius 3 is 3.21 bits per heavy atom. The van der Waals surface area contributed by atoms with Gasteiger partial charge in [0.1, 0.15) is 5.75 Å². The van der Waals surface area contributed by atoms with Gasteiger partial charge in [-0.3, -0.25) is 4.79 Å². The topological polar surface area (TPSA) is 50.4 Å². The summed E-state index contributed by atoms with van der Waals surface area (Å²) in [4.78, 5) is 11.0. The van der Waals surface area contributed by atoms with Gasteiger partial charge in [0.2, 0.25) is 0 Å². The summed E-state index contributed by atoms with van der Waals surface area (Å²) in [6.45, 7) is 2.98. The summed E-state index contributed by atoms with van der Waals surface area (Å²) in [5.41, 5.74) is 1.72. The van der Waals surface area contributed by atoms with Crippen molar-refractivity contribution in [3.05, 3.63) is 18.2 Å². The van der Waals surface area contributed by atoms with Gasteiger partial charge in [0.05, 0.1) is 5.69 Å². The molecule has 0 aliphatic carbocycles. The molecule has 1 amide bonds. The molecule has 0 radical (unpaired) electrons. The Morgan fingerprint density at radius 2 is 2.43 bits per heavy atom. The van der Waals surface area contributed by atoms with E-state index in [-0.39, 0.29) is 12.5 Å². The van der Waals surface area contributed by atoms with Gasteiger partial charge in [-0.05, 0) is 25.1 Å². The van der Waals surface area contributed by atoms with E-state index in [2.05, 4.69) is 10.6 Å². The van der Waals surface area contributed by atoms with Gasteiger partial charge >= 0.3 is 0 Å². The van der Waals surface area contributed by atoms with Crippen molar-refractivity contribution in [2.24, 2.45) is 0 Å². The van der Waals surface area contributed by atoms with Gasteiger partial charge in [-0.2, -0.15) is 0 Å². The van der Waals surface area contributed by atoms with Crippen LogP contribution < -0.4 is 15.4 Å². The predicted molar refractivity (Wildman–Crippen MR) is 54.7 cm³/mol. The standard InChI is InChI=1S/C10H12N2O2/c1-2-11-7-3-4-9-8(5-7)12-10(13)6-14-9/h3-5,11H,2,6H2,1H3,(H,12,13). The van der Waals surface area contributed by atoms with Crippen molar-refractivity contribution in [2.75, 3.05) is 23.8 Å². The van der Waals surface area contributed by atoms with Crippen molar-refractivity contribution >= 4 is 17.3 Å². The lowest BCUT2D eigenvalue weighted by molar-refractivity contribution is -0.118. The number of anilines is 2. The zero-order chi connectivity index (χ0) is 9.97. The molecule has 0 saturated carbocycles. The van der Waals surface area contributed by atoms with Crippen LogP contribution in [0.2, 0.25) is 0 Å². The van der Waals surface area contributed by atoms with E-state index < -0.39 is 0 Å². The minimum atomic E-state index is -0.105. The second-order valence-corrected chi connectivity index (χ2v) is 3.08. The van der Waals surface area contributed by atoms with Gasteiger partial charge in [0, 0.05) is 12.2 Å². The number of carbonyl (C=O) groups is 1. The number of hydrogen-bond acceptors (Lipinski definition) is 3. The fourth-order valence-electron chi connectivity index (χ4n) is 1.40. The molecule has 1 aromatic rings. The van der Waals surface area contributed by atoms with E-state index in [0.717, 1.165) is 23.7 Å². The van der Waals surface area contributed by atoms with E-state index in [1.165, 1.54) is 0 Å². The number of carbonyl (C=O) groups excluding carboxylic acids is 1. The number of amides is 1. The van der Waals surface area contributed by atoms with Crippen molar-refractivity contribution in [1.82, 2.24) is 0 Å². The van der Waals surface area contributed by atoms with Crippen LogP contribution in [0.15, 0.2) is 18.2 Å². The largest absolute Gasteiger partial charge is 0.482 e. The zero-order valence-electron chi connectivity index (χ0n) is 7.96. The highest BCUT2D eigenvalue weighted by molar-refractivity contribution is 5.95. The average molecular weight is 192 g/mol. The average Bonchev–Trinajstić information content (AvgIpc) is 2.17. The molecule has 4 heteroatoms. The van der Waals surface area contributed by atoms with E-state index in [1.54, 1.807) is 0 Å². The molecule has 2 N–H and O–H groups in total. The zero-order valence-corrected chi connectivity index (χ0v) is 7.96. The van der Waals surface area contributed by atoms with E-state index in [9.17, 15) is 4.79 Å². The van der Waals surface area contributed by atoms with Crippen molar-refractivity contribution in [1.29, 1.82) is 0 Å². The van der Waals surface area contributed by atoms with Crippen LogP contribution in [0, 0.1) is 0 Å². The third kappa shape index (κ3) is 1.64. The van der Waals surface area contributed by atoms with E-state index in [0.29, 0.717) is 0 Å². The SMILES string of the molecule is CCNc1ccc2c(c1)NC(=O)CO2. The Bertz CT molecular complexity index is 363. The molecular formula is C10H12N2O2. The number of hydrogen-bond donors (Lipinski definition) is 2. The summed E-state index contributed by atoms with van der Waals surface area (Å²) in [5, 5.41) is 5.92. The highest BCUT2D eigenvalue weighted by Crippen LogP contribution is 2.30. The lowest BCUT2D eigenvalue weighted by Crippen LogP contribution is -2.25. The lowest BCUT2D eigenvalue weighted by Gasteiger charge is -2.18. The fraction of sp³-hybridized carbons (Fsp3) is 0.300. The molecule has 1 aromatic carbocycles. The first kappa shape index (κ1) is 8.87. The molecule has 0 fully saturated rings. The van der Waals surface area contributed by atoms with Crippen molar-refractivity contribution in [3.63, 3.8) is 0 Å². The molecule has 0 bridgehead atoms. The summed E-state index contributed by atoms with van der Waals surface area (Å²) in [6, 6.07) is 5.66. The molecule has 1 heterocycles. The minimum Gasteiger partial charge on any atom is -0.482 e. The molecule has 0 unspecified atom stereocenters. The molecular weight excluding hydrogens is 180 g/mol. The smallest absolute Gasteiger partial charge is 0.262 e. The van der Waals surface area contributed by atoms with Crippen molar-refractivity contribution < 1.29 is 9.53 Å². The normalized spacial score (nSPS) is 13.9. The van der Waals surface area contributed by atoms with Gasteiger partial charge in [-0.25, -0.2) is 0 Å². The van der Waals surface area contributed by atoms with Gasteiger partial charge in [-0.15, -0.1) is 0 Å². The van der Waals surface area contributed by atoms with Gasteiger partial charge in [0.25, 0.3) is 5.91 Å². The molecule has 0 saturated heterocycles. The monoisotopic (exact) mass is 192 g/mol. The Hall–Kier alpha value is -1.71. The summed E-state index contributed by atoms with van der Waals surface area (Å²) in [7, 11) is 0. The maximum Gasteiger partial charge on any atom is 0.262 e. The highest BCUT2D eigenvalue weighted by atomic mass is 16.5. The second kappa shape index (κ2) is 3.57. The first-order valence-corrected chi connectivity index (χ1v) is 4.60. The van der Waals surface area contributed by atoms with Crippen LogP contribution >= 0.6 is 0 Å². The minimum absolute atomic E-state index is 0.105. The van der Waals surface area contributed by atoms with Crippen molar-refractivity contribution in [2.45, 2.75) is 6.92 Å². The Balaban J connectivity index is 2.28. The molecule has 1 aliphatic heterocycles. The van der Waals surface area contributed by atoms with Crippen LogP contribution in [0.25, 0.3) is 0 Å². The van der Waals surface area contributed by atoms with E-state index in [1.807, 2.05) is 25.1 Å². The van der Waals surface area contributed by atoms with Crippen molar-refractivity contribution in [3.8, 4) is 5.75 Å². The molecule has 0 aromatic heterocycles. The highest BCUT2D eigenvalue weighted by Gasteiger charge is 2.15. The van der Waals surface area contributed by atoms with E-state index >= 15 is 0 Å². The number of rotatable bonds is 2. The Kier molecular flexibility index (Phi) is 2.26. The molecule has 4 nitrogen and oxygen atoms in total. The van der Waals surface area contributed by atoms with Crippen LogP contribution in [0.3, 0.4) is 0 Å². The second-order valence-electron chi connectivity index (χ2n) is 3.08. The maximum absolute atomic E-state index is 11.0. The lowest BCUT2D eigenvalue weighted by atomic mass is 10.2. The predicted octanol–water partition coefficient (Wildman–Crippen LogP) is 1.45. The molecule has 2 rings (SSSR count). The molecule has 74 valence electrons. The summed E-state index contributed by atoms with van der Waals surface area (Å²) >= 11 is 0. The number of ether oxygens (including phenoxy) is 1. The van der Waals surface area contributed by atoms with Crippen LogP contribution in [0.4, 0.5) is 11.4 Å². The first-order valence-electron chi connectivity index (χ1n) is 4.60. The number of fused-ring (bicyclic) bond motifs is 1. The quantitative estimate of drug-likeness (QED) is 0.745. The van der Waals surface area contributed by atoms with Crippen LogP contribution in [0.1, 0.15) is 6.92 Å².